The van der Waals surface area contributed by atoms with E-state index in [0.29, 0.717) is 28.7 Å². The topological polar surface area (TPSA) is 80.1 Å². The van der Waals surface area contributed by atoms with Gasteiger partial charge in [0.2, 0.25) is 5.75 Å². The quantitative estimate of drug-likeness (QED) is 0.601. The van der Waals surface area contributed by atoms with Gasteiger partial charge in [-0.3, -0.25) is 10.1 Å². The van der Waals surface area contributed by atoms with E-state index in [1.807, 2.05) is 0 Å². The van der Waals surface area contributed by atoms with Crippen LogP contribution in [0.1, 0.15) is 0 Å². The summed E-state index contributed by atoms with van der Waals surface area (Å²) in [5.74, 6) is 2.20. The van der Waals surface area contributed by atoms with E-state index in [0.717, 1.165) is 0 Å². The normalized spacial score (nSPS) is 9.95. The minimum atomic E-state index is -0.474. The summed E-state index contributed by atoms with van der Waals surface area (Å²) in [5.41, 5.74) is -0.0130. The van der Waals surface area contributed by atoms with Crippen molar-refractivity contribution < 1.29 is 23.9 Å². The number of nitro groups is 1. The Labute approximate surface area is 127 Å². The molecule has 0 bridgehead atoms. The van der Waals surface area contributed by atoms with Crippen LogP contribution in [-0.2, 0) is 0 Å². The zero-order valence-corrected chi connectivity index (χ0v) is 12.4. The lowest BCUT2D eigenvalue weighted by Gasteiger charge is -2.15. The second-order valence-electron chi connectivity index (χ2n) is 4.21. The molecule has 0 amide bonds. The summed E-state index contributed by atoms with van der Waals surface area (Å²) in [6, 6.07) is 9.03. The number of non-ortho nitro benzene ring substituents is 1. The van der Waals surface area contributed by atoms with Crippen LogP contribution in [0.2, 0.25) is 0 Å². The predicted molar refractivity (Wildman–Crippen MR) is 79.3 cm³/mol. The minimum Gasteiger partial charge on any atom is -0.496 e. The smallest absolute Gasteiger partial charge is 0.269 e. The molecule has 0 N–H and O–H groups in total. The molecule has 0 heterocycles. The van der Waals surface area contributed by atoms with E-state index in [-0.39, 0.29) is 5.69 Å². The van der Waals surface area contributed by atoms with Crippen LogP contribution in [0.15, 0.2) is 36.4 Å². The van der Waals surface area contributed by atoms with Gasteiger partial charge in [-0.05, 0) is 12.1 Å². The van der Waals surface area contributed by atoms with Crippen molar-refractivity contribution in [3.05, 3.63) is 46.5 Å². The third kappa shape index (κ3) is 3.20. The molecule has 0 spiro atoms. The number of hydrogen-bond donors (Lipinski definition) is 0. The SMILES string of the molecule is COc1cc(OC)c(Oc2ccc([N+](=O)[O-])cc2)c(OC)c1. The molecule has 0 aliphatic carbocycles. The number of hydrogen-bond acceptors (Lipinski definition) is 6. The molecule has 0 aromatic heterocycles. The van der Waals surface area contributed by atoms with E-state index in [2.05, 4.69) is 0 Å². The van der Waals surface area contributed by atoms with Gasteiger partial charge in [0.1, 0.15) is 11.5 Å². The Morgan fingerprint density at radius 2 is 1.41 bits per heavy atom. The van der Waals surface area contributed by atoms with E-state index in [1.54, 1.807) is 12.1 Å². The van der Waals surface area contributed by atoms with Crippen molar-refractivity contribution in [1.82, 2.24) is 0 Å². The van der Waals surface area contributed by atoms with Crippen molar-refractivity contribution in [2.75, 3.05) is 21.3 Å². The van der Waals surface area contributed by atoms with Crippen molar-refractivity contribution in [2.24, 2.45) is 0 Å². The maximum Gasteiger partial charge on any atom is 0.269 e. The molecule has 0 atom stereocenters. The van der Waals surface area contributed by atoms with Gasteiger partial charge in [0.25, 0.3) is 5.69 Å². The third-order valence-electron chi connectivity index (χ3n) is 2.94. The van der Waals surface area contributed by atoms with Crippen LogP contribution in [-0.4, -0.2) is 26.3 Å². The zero-order chi connectivity index (χ0) is 16.1. The van der Waals surface area contributed by atoms with Crippen LogP contribution < -0.4 is 18.9 Å². The fraction of sp³-hybridized carbons (Fsp3) is 0.200. The molecule has 0 unspecified atom stereocenters. The van der Waals surface area contributed by atoms with Crippen molar-refractivity contribution in [3.63, 3.8) is 0 Å². The van der Waals surface area contributed by atoms with E-state index < -0.39 is 4.92 Å². The summed E-state index contributed by atoms with van der Waals surface area (Å²) >= 11 is 0. The summed E-state index contributed by atoms with van der Waals surface area (Å²) in [5, 5.41) is 10.7. The van der Waals surface area contributed by atoms with E-state index >= 15 is 0 Å². The molecule has 0 radical (unpaired) electrons. The fourth-order valence-corrected chi connectivity index (χ4v) is 1.83. The highest BCUT2D eigenvalue weighted by Crippen LogP contribution is 2.43. The van der Waals surface area contributed by atoms with Gasteiger partial charge in [-0.1, -0.05) is 0 Å². The first kappa shape index (κ1) is 15.4. The molecule has 0 saturated carbocycles. The van der Waals surface area contributed by atoms with Crippen LogP contribution in [0.5, 0.6) is 28.7 Å². The highest BCUT2D eigenvalue weighted by atomic mass is 16.6. The van der Waals surface area contributed by atoms with Gasteiger partial charge in [-0.25, -0.2) is 0 Å². The highest BCUT2D eigenvalue weighted by molar-refractivity contribution is 5.57. The maximum absolute atomic E-state index is 10.7. The van der Waals surface area contributed by atoms with Gasteiger partial charge in [-0.15, -0.1) is 0 Å². The van der Waals surface area contributed by atoms with Crippen molar-refractivity contribution in [3.8, 4) is 28.7 Å². The first-order chi connectivity index (χ1) is 10.6. The van der Waals surface area contributed by atoms with Crippen molar-refractivity contribution in [2.45, 2.75) is 0 Å². The Bertz CT molecular complexity index is 643. The van der Waals surface area contributed by atoms with Gasteiger partial charge in [0.15, 0.2) is 11.5 Å². The summed E-state index contributed by atoms with van der Waals surface area (Å²) in [4.78, 5) is 10.2. The molecule has 0 aliphatic rings. The van der Waals surface area contributed by atoms with Gasteiger partial charge < -0.3 is 18.9 Å². The zero-order valence-electron chi connectivity index (χ0n) is 12.4. The number of nitrogens with zero attached hydrogens (tertiary/aromatic N) is 1. The van der Waals surface area contributed by atoms with Crippen LogP contribution in [0.3, 0.4) is 0 Å². The average Bonchev–Trinajstić information content (AvgIpc) is 2.55. The molecular weight excluding hydrogens is 290 g/mol. The molecular formula is C15H15NO6. The molecule has 7 nitrogen and oxygen atoms in total. The van der Waals surface area contributed by atoms with Crippen molar-refractivity contribution >= 4 is 5.69 Å². The van der Waals surface area contributed by atoms with Crippen LogP contribution >= 0.6 is 0 Å². The summed E-state index contributed by atoms with van der Waals surface area (Å²) in [7, 11) is 4.53. The van der Waals surface area contributed by atoms with Gasteiger partial charge in [-0.2, -0.15) is 0 Å². The van der Waals surface area contributed by atoms with Crippen molar-refractivity contribution in [1.29, 1.82) is 0 Å². The van der Waals surface area contributed by atoms with Crippen LogP contribution in [0.25, 0.3) is 0 Å². The third-order valence-corrected chi connectivity index (χ3v) is 2.94. The number of rotatable bonds is 6. The number of methoxy groups -OCH3 is 3. The van der Waals surface area contributed by atoms with E-state index in [9.17, 15) is 10.1 Å². The lowest BCUT2D eigenvalue weighted by atomic mass is 10.2. The Kier molecular flexibility index (Phi) is 4.67. The predicted octanol–water partition coefficient (Wildman–Crippen LogP) is 3.41. The van der Waals surface area contributed by atoms with E-state index in [1.165, 1.54) is 45.6 Å². The average molecular weight is 305 g/mol. The summed E-state index contributed by atoms with van der Waals surface area (Å²) in [6.07, 6.45) is 0. The van der Waals surface area contributed by atoms with Gasteiger partial charge in [0.05, 0.1) is 26.3 Å². The number of nitro benzene ring substituents is 1. The molecule has 2 aromatic rings. The Balaban J connectivity index is 2.37. The number of benzene rings is 2. The maximum atomic E-state index is 10.7. The minimum absolute atomic E-state index is 0.0130. The molecule has 0 fully saturated rings. The summed E-state index contributed by atoms with van der Waals surface area (Å²) < 4.78 is 21.4. The molecule has 2 rings (SSSR count). The largest absolute Gasteiger partial charge is 0.496 e. The van der Waals surface area contributed by atoms with E-state index in [4.69, 9.17) is 18.9 Å². The second kappa shape index (κ2) is 6.66. The Morgan fingerprint density at radius 1 is 0.864 bits per heavy atom. The van der Waals surface area contributed by atoms with Crippen LogP contribution in [0.4, 0.5) is 5.69 Å². The van der Waals surface area contributed by atoms with Gasteiger partial charge in [0, 0.05) is 24.3 Å². The highest BCUT2D eigenvalue weighted by Gasteiger charge is 2.16. The Hall–Kier alpha value is -2.96. The molecule has 0 saturated heterocycles. The first-order valence-electron chi connectivity index (χ1n) is 6.31. The monoisotopic (exact) mass is 305 g/mol. The molecule has 2 aromatic carbocycles. The lowest BCUT2D eigenvalue weighted by molar-refractivity contribution is -0.384. The standard InChI is InChI=1S/C15H15NO6/c1-19-12-8-13(20-2)15(14(9-12)21-3)22-11-6-4-10(5-7-11)16(17)18/h4-9H,1-3H3. The molecule has 116 valence electrons. The van der Waals surface area contributed by atoms with Crippen LogP contribution in [0, 0.1) is 10.1 Å². The molecule has 7 heteroatoms. The first-order valence-corrected chi connectivity index (χ1v) is 6.31. The second-order valence-corrected chi connectivity index (χ2v) is 4.21. The molecule has 0 aliphatic heterocycles. The fourth-order valence-electron chi connectivity index (χ4n) is 1.83. The summed E-state index contributed by atoms with van der Waals surface area (Å²) in [6.45, 7) is 0. The number of ether oxygens (including phenoxy) is 4. The Morgan fingerprint density at radius 3 is 1.82 bits per heavy atom. The molecule has 22 heavy (non-hydrogen) atoms. The lowest BCUT2D eigenvalue weighted by Crippen LogP contribution is -1.96. The van der Waals surface area contributed by atoms with Gasteiger partial charge >= 0.3 is 0 Å².